The highest BCUT2D eigenvalue weighted by molar-refractivity contribution is 6.16. The van der Waals surface area contributed by atoms with Crippen molar-refractivity contribution < 1.29 is 4.92 Å². The van der Waals surface area contributed by atoms with Crippen LogP contribution in [0.3, 0.4) is 0 Å². The van der Waals surface area contributed by atoms with Gasteiger partial charge in [-0.25, -0.2) is 0 Å². The van der Waals surface area contributed by atoms with Crippen LogP contribution in [0, 0.1) is 17.0 Å². The Bertz CT molecular complexity index is 652. The van der Waals surface area contributed by atoms with E-state index in [-0.39, 0.29) is 17.6 Å². The number of nitro benzene ring substituents is 1. The fraction of sp³-hybridized carbons (Fsp3) is 0.385. The standard InChI is InChI=1S/C13H15ClN4O2/c1-8(2)17-12(7-14)15-16-13(17)10-5-4-6-11(9(10)3)18(19)20/h4-6,8H,7H2,1-3H3. The monoisotopic (exact) mass is 294 g/mol. The van der Waals surface area contributed by atoms with Crippen LogP contribution >= 0.6 is 11.6 Å². The highest BCUT2D eigenvalue weighted by Gasteiger charge is 2.21. The summed E-state index contributed by atoms with van der Waals surface area (Å²) in [5.41, 5.74) is 1.36. The summed E-state index contributed by atoms with van der Waals surface area (Å²) in [5, 5.41) is 19.2. The van der Waals surface area contributed by atoms with Crippen molar-refractivity contribution in [2.75, 3.05) is 0 Å². The summed E-state index contributed by atoms with van der Waals surface area (Å²) in [7, 11) is 0. The van der Waals surface area contributed by atoms with Crippen molar-refractivity contribution in [2.24, 2.45) is 0 Å². The number of nitrogens with zero attached hydrogens (tertiary/aromatic N) is 4. The molecule has 0 aliphatic rings. The normalized spacial score (nSPS) is 11.1. The maximum atomic E-state index is 11.0. The first-order valence-corrected chi connectivity index (χ1v) is 6.75. The van der Waals surface area contributed by atoms with Crippen LogP contribution < -0.4 is 0 Å². The first kappa shape index (κ1) is 14.5. The van der Waals surface area contributed by atoms with E-state index in [0.717, 1.165) is 0 Å². The van der Waals surface area contributed by atoms with Gasteiger partial charge in [0.15, 0.2) is 5.82 Å². The molecule has 1 aromatic heterocycles. The molecule has 0 saturated heterocycles. The van der Waals surface area contributed by atoms with E-state index in [1.165, 1.54) is 6.07 Å². The van der Waals surface area contributed by atoms with Crippen LogP contribution in [-0.4, -0.2) is 19.7 Å². The summed E-state index contributed by atoms with van der Waals surface area (Å²) in [6.07, 6.45) is 0. The number of halogens is 1. The van der Waals surface area contributed by atoms with Crippen molar-refractivity contribution >= 4 is 17.3 Å². The van der Waals surface area contributed by atoms with Crippen LogP contribution in [0.1, 0.15) is 31.3 Å². The molecule has 0 radical (unpaired) electrons. The van der Waals surface area contributed by atoms with Crippen molar-refractivity contribution in [2.45, 2.75) is 32.7 Å². The highest BCUT2D eigenvalue weighted by atomic mass is 35.5. The zero-order valence-electron chi connectivity index (χ0n) is 11.5. The largest absolute Gasteiger partial charge is 0.307 e. The van der Waals surface area contributed by atoms with Crippen molar-refractivity contribution in [1.29, 1.82) is 0 Å². The molecular weight excluding hydrogens is 280 g/mol. The van der Waals surface area contributed by atoms with E-state index in [0.29, 0.717) is 22.8 Å². The van der Waals surface area contributed by atoms with Crippen LogP contribution in [0.15, 0.2) is 18.2 Å². The van der Waals surface area contributed by atoms with Crippen molar-refractivity contribution in [3.05, 3.63) is 39.7 Å². The summed E-state index contributed by atoms with van der Waals surface area (Å²) < 4.78 is 1.90. The first-order chi connectivity index (χ1) is 9.47. The number of alkyl halides is 1. The molecule has 7 heteroatoms. The molecule has 1 heterocycles. The first-order valence-electron chi connectivity index (χ1n) is 6.21. The molecule has 6 nitrogen and oxygen atoms in total. The highest BCUT2D eigenvalue weighted by Crippen LogP contribution is 2.30. The fourth-order valence-electron chi connectivity index (χ4n) is 2.20. The molecule has 0 unspecified atom stereocenters. The van der Waals surface area contributed by atoms with Gasteiger partial charge in [-0.15, -0.1) is 21.8 Å². The average Bonchev–Trinajstić information content (AvgIpc) is 2.82. The van der Waals surface area contributed by atoms with Crippen LogP contribution in [0.4, 0.5) is 5.69 Å². The second kappa shape index (κ2) is 5.58. The molecule has 0 bridgehead atoms. The van der Waals surface area contributed by atoms with Gasteiger partial charge in [0, 0.05) is 23.2 Å². The zero-order chi connectivity index (χ0) is 14.9. The van der Waals surface area contributed by atoms with Gasteiger partial charge in [0.2, 0.25) is 0 Å². The van der Waals surface area contributed by atoms with Crippen LogP contribution in [0.2, 0.25) is 0 Å². The molecule has 0 fully saturated rings. The molecule has 0 atom stereocenters. The Morgan fingerprint density at radius 2 is 2.10 bits per heavy atom. The van der Waals surface area contributed by atoms with Gasteiger partial charge in [0.1, 0.15) is 5.82 Å². The van der Waals surface area contributed by atoms with E-state index in [1.807, 2.05) is 24.5 Å². The Hall–Kier alpha value is -1.95. The molecule has 1 aromatic carbocycles. The molecule has 20 heavy (non-hydrogen) atoms. The minimum atomic E-state index is -0.391. The zero-order valence-corrected chi connectivity index (χ0v) is 12.3. The second-order valence-corrected chi connectivity index (χ2v) is 5.01. The number of nitro groups is 1. The summed E-state index contributed by atoms with van der Waals surface area (Å²) >= 11 is 5.87. The third kappa shape index (κ3) is 2.38. The Kier molecular flexibility index (Phi) is 4.04. The van der Waals surface area contributed by atoms with Gasteiger partial charge in [-0.3, -0.25) is 10.1 Å². The summed E-state index contributed by atoms with van der Waals surface area (Å²) in [5.74, 6) is 1.51. The lowest BCUT2D eigenvalue weighted by atomic mass is 10.1. The Morgan fingerprint density at radius 1 is 1.40 bits per heavy atom. The Balaban J connectivity index is 2.66. The predicted octanol–water partition coefficient (Wildman–Crippen LogP) is 3.48. The molecule has 0 N–H and O–H groups in total. The van der Waals surface area contributed by atoms with E-state index in [1.54, 1.807) is 13.0 Å². The number of hydrogen-bond donors (Lipinski definition) is 0. The van der Waals surface area contributed by atoms with Gasteiger partial charge in [-0.05, 0) is 20.8 Å². The minimum absolute atomic E-state index is 0.0771. The Labute approximate surface area is 121 Å². The maximum absolute atomic E-state index is 11.0. The molecule has 2 rings (SSSR count). The Morgan fingerprint density at radius 3 is 2.65 bits per heavy atom. The molecule has 0 saturated carbocycles. The minimum Gasteiger partial charge on any atom is -0.307 e. The lowest BCUT2D eigenvalue weighted by molar-refractivity contribution is -0.385. The average molecular weight is 295 g/mol. The van der Waals surface area contributed by atoms with Gasteiger partial charge in [0.05, 0.1) is 10.8 Å². The van der Waals surface area contributed by atoms with Gasteiger partial charge >= 0.3 is 0 Å². The lowest BCUT2D eigenvalue weighted by Crippen LogP contribution is -2.08. The molecule has 0 aliphatic heterocycles. The van der Waals surface area contributed by atoms with Crippen LogP contribution in [0.25, 0.3) is 11.4 Å². The van der Waals surface area contributed by atoms with Gasteiger partial charge in [0.25, 0.3) is 5.69 Å². The summed E-state index contributed by atoms with van der Waals surface area (Å²) in [6.45, 7) is 5.71. The SMILES string of the molecule is Cc1c(-c2nnc(CCl)n2C(C)C)cccc1[N+](=O)[O-]. The molecule has 2 aromatic rings. The number of aromatic nitrogens is 3. The van der Waals surface area contributed by atoms with E-state index < -0.39 is 4.92 Å². The fourth-order valence-corrected chi connectivity index (χ4v) is 2.39. The van der Waals surface area contributed by atoms with Crippen LogP contribution in [0.5, 0.6) is 0 Å². The number of benzene rings is 1. The number of rotatable bonds is 4. The molecule has 106 valence electrons. The second-order valence-electron chi connectivity index (χ2n) is 4.74. The van der Waals surface area contributed by atoms with Crippen LogP contribution in [-0.2, 0) is 5.88 Å². The maximum Gasteiger partial charge on any atom is 0.273 e. The van der Waals surface area contributed by atoms with Gasteiger partial charge < -0.3 is 4.57 Å². The molecular formula is C13H15ClN4O2. The topological polar surface area (TPSA) is 73.8 Å². The quantitative estimate of drug-likeness (QED) is 0.491. The number of hydrogen-bond acceptors (Lipinski definition) is 4. The van der Waals surface area contributed by atoms with Gasteiger partial charge in [-0.1, -0.05) is 12.1 Å². The lowest BCUT2D eigenvalue weighted by Gasteiger charge is -2.14. The van der Waals surface area contributed by atoms with E-state index in [9.17, 15) is 10.1 Å². The van der Waals surface area contributed by atoms with E-state index >= 15 is 0 Å². The summed E-state index contributed by atoms with van der Waals surface area (Å²) in [6, 6.07) is 5.06. The van der Waals surface area contributed by atoms with Crippen molar-refractivity contribution in [3.8, 4) is 11.4 Å². The van der Waals surface area contributed by atoms with Crippen molar-refractivity contribution in [3.63, 3.8) is 0 Å². The van der Waals surface area contributed by atoms with E-state index in [4.69, 9.17) is 11.6 Å². The van der Waals surface area contributed by atoms with E-state index in [2.05, 4.69) is 10.2 Å². The smallest absolute Gasteiger partial charge is 0.273 e. The van der Waals surface area contributed by atoms with Crippen molar-refractivity contribution in [1.82, 2.24) is 14.8 Å². The van der Waals surface area contributed by atoms with Gasteiger partial charge in [-0.2, -0.15) is 0 Å². The summed E-state index contributed by atoms with van der Waals surface area (Å²) in [4.78, 5) is 10.6. The molecule has 0 amide bonds. The third-order valence-corrected chi connectivity index (χ3v) is 3.38. The predicted molar refractivity (Wildman–Crippen MR) is 76.8 cm³/mol. The molecule has 0 aliphatic carbocycles. The third-order valence-electron chi connectivity index (χ3n) is 3.15. The molecule has 0 spiro atoms.